The molecule has 2 nitrogen and oxygen atoms in total. The molecule has 0 aliphatic carbocycles. The Bertz CT molecular complexity index is 619. The first-order chi connectivity index (χ1) is 9.20. The third-order valence-corrected chi connectivity index (χ3v) is 3.56. The van der Waals surface area contributed by atoms with Crippen molar-refractivity contribution >= 4 is 15.9 Å². The van der Waals surface area contributed by atoms with E-state index in [4.69, 9.17) is 0 Å². The lowest BCUT2D eigenvalue weighted by Gasteiger charge is -2.19. The minimum atomic E-state index is -1.13. The molecule has 2 aromatic carbocycles. The highest BCUT2D eigenvalue weighted by molar-refractivity contribution is 9.10. The monoisotopic (exact) mass is 310 g/mol. The Labute approximate surface area is 121 Å². The Balaban J connectivity index is 2.40. The maximum absolute atomic E-state index is 9.46. The second-order valence-corrected chi connectivity index (χ2v) is 5.21. The molecule has 0 radical (unpaired) electrons. The summed E-state index contributed by atoms with van der Waals surface area (Å²) in [5.41, 5.74) is 0.577. The van der Waals surface area contributed by atoms with Crippen LogP contribution < -0.4 is 0 Å². The molecule has 19 heavy (non-hydrogen) atoms. The van der Waals surface area contributed by atoms with Gasteiger partial charge in [0.05, 0.1) is 12.1 Å². The molecule has 0 aliphatic heterocycles. The Morgan fingerprint density at radius 3 is 2.00 bits per heavy atom. The van der Waals surface area contributed by atoms with Gasteiger partial charge >= 0.3 is 0 Å². The summed E-state index contributed by atoms with van der Waals surface area (Å²) in [6.45, 7) is 0. The van der Waals surface area contributed by atoms with Crippen LogP contribution in [0.15, 0.2) is 59.1 Å². The SMILES string of the molecule is N#CC(C#N)(Cc1ccc(Br)cc1)c1ccccc1. The second-order valence-electron chi connectivity index (χ2n) is 4.30. The van der Waals surface area contributed by atoms with Gasteiger partial charge in [-0.1, -0.05) is 58.4 Å². The standard InChI is InChI=1S/C16H11BrN2/c17-15-8-6-13(7-9-15)10-16(11-18,12-19)14-4-2-1-3-5-14/h1-9H,10H2. The first kappa shape index (κ1) is 13.3. The highest BCUT2D eigenvalue weighted by Gasteiger charge is 2.32. The van der Waals surface area contributed by atoms with Crippen LogP contribution in [0.2, 0.25) is 0 Å². The summed E-state index contributed by atoms with van der Waals surface area (Å²) >= 11 is 3.37. The van der Waals surface area contributed by atoms with Crippen molar-refractivity contribution in [3.05, 3.63) is 70.2 Å². The fourth-order valence-corrected chi connectivity index (χ4v) is 2.23. The number of benzene rings is 2. The zero-order chi connectivity index (χ0) is 13.7. The van der Waals surface area contributed by atoms with Gasteiger partial charge in [0.2, 0.25) is 0 Å². The Morgan fingerprint density at radius 2 is 1.47 bits per heavy atom. The van der Waals surface area contributed by atoms with Crippen LogP contribution in [0.5, 0.6) is 0 Å². The molecule has 0 saturated heterocycles. The van der Waals surface area contributed by atoms with E-state index < -0.39 is 5.41 Å². The molecule has 2 rings (SSSR count). The fourth-order valence-electron chi connectivity index (χ4n) is 1.97. The molecule has 0 unspecified atom stereocenters. The molecule has 0 atom stereocenters. The quantitative estimate of drug-likeness (QED) is 0.861. The lowest BCUT2D eigenvalue weighted by Crippen LogP contribution is -2.24. The van der Waals surface area contributed by atoms with E-state index in [2.05, 4.69) is 28.1 Å². The van der Waals surface area contributed by atoms with Crippen molar-refractivity contribution in [1.82, 2.24) is 0 Å². The van der Waals surface area contributed by atoms with Crippen LogP contribution in [-0.2, 0) is 11.8 Å². The Hall–Kier alpha value is -2.10. The van der Waals surface area contributed by atoms with Gasteiger partial charge in [0.25, 0.3) is 0 Å². The molecule has 0 heterocycles. The van der Waals surface area contributed by atoms with E-state index >= 15 is 0 Å². The van der Waals surface area contributed by atoms with Crippen LogP contribution in [0.3, 0.4) is 0 Å². The molecule has 0 bridgehead atoms. The lowest BCUT2D eigenvalue weighted by atomic mass is 9.78. The van der Waals surface area contributed by atoms with Crippen molar-refractivity contribution in [2.75, 3.05) is 0 Å². The molecule has 92 valence electrons. The molecule has 0 amide bonds. The zero-order valence-corrected chi connectivity index (χ0v) is 11.8. The van der Waals surface area contributed by atoms with E-state index in [0.29, 0.717) is 6.42 Å². The smallest absolute Gasteiger partial charge is 0.172 e. The second kappa shape index (κ2) is 5.69. The minimum Gasteiger partial charge on any atom is -0.196 e. The van der Waals surface area contributed by atoms with Crippen molar-refractivity contribution in [2.24, 2.45) is 0 Å². The Kier molecular flexibility index (Phi) is 4.00. The topological polar surface area (TPSA) is 47.6 Å². The van der Waals surface area contributed by atoms with Crippen LogP contribution in [0.1, 0.15) is 11.1 Å². The number of nitrogens with zero attached hydrogens (tertiary/aromatic N) is 2. The number of hydrogen-bond acceptors (Lipinski definition) is 2. The van der Waals surface area contributed by atoms with Gasteiger partial charge in [0.1, 0.15) is 0 Å². The van der Waals surface area contributed by atoms with Gasteiger partial charge in [-0.15, -0.1) is 0 Å². The summed E-state index contributed by atoms with van der Waals surface area (Å²) in [4.78, 5) is 0. The van der Waals surface area contributed by atoms with Gasteiger partial charge in [0, 0.05) is 10.9 Å². The molecule has 0 aromatic heterocycles. The third-order valence-electron chi connectivity index (χ3n) is 3.03. The molecular formula is C16H11BrN2. The van der Waals surface area contributed by atoms with Crippen LogP contribution >= 0.6 is 15.9 Å². The van der Waals surface area contributed by atoms with Gasteiger partial charge in [0.15, 0.2) is 5.41 Å². The molecule has 0 saturated carbocycles. The first-order valence-corrected chi connectivity index (χ1v) is 6.62. The van der Waals surface area contributed by atoms with Crippen LogP contribution in [0, 0.1) is 22.7 Å². The summed E-state index contributed by atoms with van der Waals surface area (Å²) < 4.78 is 0.982. The van der Waals surface area contributed by atoms with Crippen molar-refractivity contribution in [1.29, 1.82) is 10.5 Å². The molecule has 0 aliphatic rings. The largest absolute Gasteiger partial charge is 0.196 e. The molecule has 0 spiro atoms. The lowest BCUT2D eigenvalue weighted by molar-refractivity contribution is 0.695. The summed E-state index contributed by atoms with van der Waals surface area (Å²) in [5.74, 6) is 0. The van der Waals surface area contributed by atoms with Crippen molar-refractivity contribution in [2.45, 2.75) is 11.8 Å². The zero-order valence-electron chi connectivity index (χ0n) is 10.2. The maximum atomic E-state index is 9.46. The fraction of sp³-hybridized carbons (Fsp3) is 0.125. The van der Waals surface area contributed by atoms with Crippen LogP contribution in [0.4, 0.5) is 0 Å². The van der Waals surface area contributed by atoms with Gasteiger partial charge in [-0.25, -0.2) is 0 Å². The van der Waals surface area contributed by atoms with Crippen molar-refractivity contribution < 1.29 is 0 Å². The molecule has 3 heteroatoms. The maximum Gasteiger partial charge on any atom is 0.172 e. The number of hydrogen-bond donors (Lipinski definition) is 0. The first-order valence-electron chi connectivity index (χ1n) is 5.83. The summed E-state index contributed by atoms with van der Waals surface area (Å²) in [5, 5.41) is 18.9. The molecule has 2 aromatic rings. The third kappa shape index (κ3) is 2.84. The van der Waals surface area contributed by atoms with Gasteiger partial charge < -0.3 is 0 Å². The predicted molar refractivity (Wildman–Crippen MR) is 77.2 cm³/mol. The van der Waals surface area contributed by atoms with Crippen molar-refractivity contribution in [3.63, 3.8) is 0 Å². The average Bonchev–Trinajstić information content (AvgIpc) is 2.48. The van der Waals surface area contributed by atoms with Crippen molar-refractivity contribution in [3.8, 4) is 12.1 Å². The van der Waals surface area contributed by atoms with Gasteiger partial charge in [-0.05, 0) is 23.3 Å². The number of nitriles is 2. The summed E-state index contributed by atoms with van der Waals surface area (Å²) in [6.07, 6.45) is 0.386. The van der Waals surface area contributed by atoms with E-state index in [0.717, 1.165) is 15.6 Å². The molecule has 0 N–H and O–H groups in total. The van der Waals surface area contributed by atoms with E-state index in [1.807, 2.05) is 54.6 Å². The van der Waals surface area contributed by atoms with Gasteiger partial charge in [-0.2, -0.15) is 10.5 Å². The Morgan fingerprint density at radius 1 is 0.895 bits per heavy atom. The average molecular weight is 311 g/mol. The number of rotatable bonds is 3. The highest BCUT2D eigenvalue weighted by Crippen LogP contribution is 2.27. The highest BCUT2D eigenvalue weighted by atomic mass is 79.9. The van der Waals surface area contributed by atoms with E-state index in [9.17, 15) is 10.5 Å². The van der Waals surface area contributed by atoms with E-state index in [-0.39, 0.29) is 0 Å². The molecule has 0 fully saturated rings. The van der Waals surface area contributed by atoms with Gasteiger partial charge in [-0.3, -0.25) is 0 Å². The normalized spacial score (nSPS) is 10.5. The van der Waals surface area contributed by atoms with Crippen LogP contribution in [-0.4, -0.2) is 0 Å². The summed E-state index contributed by atoms with van der Waals surface area (Å²) in [7, 11) is 0. The van der Waals surface area contributed by atoms with E-state index in [1.165, 1.54) is 0 Å². The van der Waals surface area contributed by atoms with E-state index in [1.54, 1.807) is 0 Å². The molecular weight excluding hydrogens is 300 g/mol. The minimum absolute atomic E-state index is 0.386. The summed E-state index contributed by atoms with van der Waals surface area (Å²) in [6, 6.07) is 21.3. The number of halogens is 1. The predicted octanol–water partition coefficient (Wildman–Crippen LogP) is 3.98. The van der Waals surface area contributed by atoms with Crippen LogP contribution in [0.25, 0.3) is 0 Å².